The van der Waals surface area contributed by atoms with E-state index in [4.69, 9.17) is 5.21 Å². The lowest BCUT2D eigenvalue weighted by Crippen LogP contribution is -2.12. The quantitative estimate of drug-likeness (QED) is 0.452. The Kier molecular flexibility index (Phi) is 3.85. The standard InChI is InChI=1S/C11H14N2O2/c1-8(2)9-4-3-5-10(6-9)13-11(14)7-12-15/h3-8,15H,1-2H3,(H,13,14). The third kappa shape index (κ3) is 3.42. The fourth-order valence-electron chi connectivity index (χ4n) is 1.20. The first kappa shape index (κ1) is 11.2. The highest BCUT2D eigenvalue weighted by Crippen LogP contribution is 2.18. The summed E-state index contributed by atoms with van der Waals surface area (Å²) in [5.74, 6) is -0.0354. The average molecular weight is 206 g/mol. The fraction of sp³-hybridized carbons (Fsp3) is 0.273. The molecule has 1 aromatic carbocycles. The normalized spacial score (nSPS) is 10.9. The van der Waals surface area contributed by atoms with Gasteiger partial charge in [-0.2, -0.15) is 0 Å². The monoisotopic (exact) mass is 206 g/mol. The van der Waals surface area contributed by atoms with Crippen molar-refractivity contribution in [1.82, 2.24) is 0 Å². The predicted molar refractivity (Wildman–Crippen MR) is 59.4 cm³/mol. The number of benzene rings is 1. The number of nitrogens with zero attached hydrogens (tertiary/aromatic N) is 1. The number of carbonyl (C=O) groups excluding carboxylic acids is 1. The first-order chi connectivity index (χ1) is 7.13. The van der Waals surface area contributed by atoms with E-state index < -0.39 is 5.91 Å². The minimum atomic E-state index is -0.446. The topological polar surface area (TPSA) is 61.7 Å². The van der Waals surface area contributed by atoms with Gasteiger partial charge in [-0.25, -0.2) is 0 Å². The lowest BCUT2D eigenvalue weighted by Gasteiger charge is -2.07. The SMILES string of the molecule is CC(C)c1cccc(NC(=O)C=NO)c1. The maximum absolute atomic E-state index is 11.1. The Balaban J connectivity index is 2.78. The first-order valence-electron chi connectivity index (χ1n) is 4.72. The van der Waals surface area contributed by atoms with Crippen LogP contribution in [0.4, 0.5) is 5.69 Å². The van der Waals surface area contributed by atoms with Crippen LogP contribution >= 0.6 is 0 Å². The van der Waals surface area contributed by atoms with Gasteiger partial charge in [0.1, 0.15) is 6.21 Å². The van der Waals surface area contributed by atoms with Gasteiger partial charge >= 0.3 is 0 Å². The number of nitrogens with one attached hydrogen (secondary N) is 1. The number of amides is 1. The molecule has 0 bridgehead atoms. The van der Waals surface area contributed by atoms with E-state index in [0.717, 1.165) is 11.8 Å². The molecule has 1 rings (SSSR count). The highest BCUT2D eigenvalue weighted by Gasteiger charge is 2.02. The minimum Gasteiger partial charge on any atom is -0.411 e. The summed E-state index contributed by atoms with van der Waals surface area (Å²) in [5, 5.41) is 13.4. The molecule has 80 valence electrons. The van der Waals surface area contributed by atoms with Crippen molar-refractivity contribution in [3.8, 4) is 0 Å². The number of rotatable bonds is 3. The lowest BCUT2D eigenvalue weighted by molar-refractivity contribution is -0.110. The van der Waals surface area contributed by atoms with E-state index in [2.05, 4.69) is 24.3 Å². The van der Waals surface area contributed by atoms with E-state index in [0.29, 0.717) is 11.6 Å². The molecule has 2 N–H and O–H groups in total. The van der Waals surface area contributed by atoms with Gasteiger partial charge in [0, 0.05) is 5.69 Å². The number of hydrogen-bond acceptors (Lipinski definition) is 3. The van der Waals surface area contributed by atoms with Gasteiger partial charge in [0.15, 0.2) is 0 Å². The molecule has 0 heterocycles. The summed E-state index contributed by atoms with van der Waals surface area (Å²) in [6, 6.07) is 7.56. The third-order valence-electron chi connectivity index (χ3n) is 2.00. The van der Waals surface area contributed by atoms with Crippen LogP contribution in [0.5, 0.6) is 0 Å². The van der Waals surface area contributed by atoms with Crippen LogP contribution in [0.15, 0.2) is 29.4 Å². The molecule has 0 aliphatic heterocycles. The van der Waals surface area contributed by atoms with E-state index in [1.54, 1.807) is 6.07 Å². The summed E-state index contributed by atoms with van der Waals surface area (Å²) in [6.07, 6.45) is 0.821. The van der Waals surface area contributed by atoms with E-state index in [9.17, 15) is 4.79 Å². The molecule has 0 saturated heterocycles. The second-order valence-corrected chi connectivity index (χ2v) is 3.51. The van der Waals surface area contributed by atoms with Crippen molar-refractivity contribution < 1.29 is 10.0 Å². The molecule has 4 nitrogen and oxygen atoms in total. The minimum absolute atomic E-state index is 0.411. The molecule has 1 amide bonds. The molecular formula is C11H14N2O2. The van der Waals surface area contributed by atoms with E-state index in [1.165, 1.54) is 0 Å². The van der Waals surface area contributed by atoms with Crippen molar-refractivity contribution in [1.29, 1.82) is 0 Å². The molecule has 0 unspecified atom stereocenters. The molecule has 0 saturated carbocycles. The highest BCUT2D eigenvalue weighted by atomic mass is 16.4. The number of hydrogen-bond donors (Lipinski definition) is 2. The lowest BCUT2D eigenvalue weighted by atomic mass is 10.0. The molecule has 0 fully saturated rings. The van der Waals surface area contributed by atoms with Crippen LogP contribution in [-0.2, 0) is 4.79 Å². The number of anilines is 1. The first-order valence-corrected chi connectivity index (χ1v) is 4.72. The molecular weight excluding hydrogens is 192 g/mol. The molecule has 0 aliphatic rings. The summed E-state index contributed by atoms with van der Waals surface area (Å²) in [4.78, 5) is 11.1. The van der Waals surface area contributed by atoms with Crippen LogP contribution in [0.3, 0.4) is 0 Å². The van der Waals surface area contributed by atoms with Crippen LogP contribution in [0.2, 0.25) is 0 Å². The molecule has 1 aromatic rings. The Bertz CT molecular complexity index is 373. The van der Waals surface area contributed by atoms with E-state index >= 15 is 0 Å². The zero-order chi connectivity index (χ0) is 11.3. The summed E-state index contributed by atoms with van der Waals surface area (Å²) in [6.45, 7) is 4.16. The number of carbonyl (C=O) groups is 1. The van der Waals surface area contributed by atoms with Crippen LogP contribution in [0.1, 0.15) is 25.3 Å². The molecule has 15 heavy (non-hydrogen) atoms. The molecule has 0 aliphatic carbocycles. The van der Waals surface area contributed by atoms with Crippen molar-refractivity contribution in [3.05, 3.63) is 29.8 Å². The third-order valence-corrected chi connectivity index (χ3v) is 2.00. The summed E-state index contributed by atoms with van der Waals surface area (Å²) >= 11 is 0. The van der Waals surface area contributed by atoms with Gasteiger partial charge in [0.2, 0.25) is 0 Å². The molecule has 0 radical (unpaired) electrons. The maximum Gasteiger partial charge on any atom is 0.270 e. The predicted octanol–water partition coefficient (Wildman–Crippen LogP) is 2.21. The van der Waals surface area contributed by atoms with Crippen molar-refractivity contribution in [3.63, 3.8) is 0 Å². The molecule has 0 spiro atoms. The van der Waals surface area contributed by atoms with Gasteiger partial charge in [-0.3, -0.25) is 4.79 Å². The van der Waals surface area contributed by atoms with Gasteiger partial charge < -0.3 is 10.5 Å². The van der Waals surface area contributed by atoms with Crippen LogP contribution < -0.4 is 5.32 Å². The Morgan fingerprint density at radius 3 is 2.87 bits per heavy atom. The summed E-state index contributed by atoms with van der Waals surface area (Å²) in [5.41, 5.74) is 1.85. The zero-order valence-electron chi connectivity index (χ0n) is 8.77. The maximum atomic E-state index is 11.1. The summed E-state index contributed by atoms with van der Waals surface area (Å²) < 4.78 is 0. The zero-order valence-corrected chi connectivity index (χ0v) is 8.77. The Hall–Kier alpha value is -1.84. The molecule has 0 atom stereocenters. The van der Waals surface area contributed by atoms with Gasteiger partial charge in [0.05, 0.1) is 0 Å². The Morgan fingerprint density at radius 2 is 2.27 bits per heavy atom. The highest BCUT2D eigenvalue weighted by molar-refractivity contribution is 6.31. The van der Waals surface area contributed by atoms with Crippen LogP contribution in [0.25, 0.3) is 0 Å². The average Bonchev–Trinajstić information content (AvgIpc) is 2.18. The van der Waals surface area contributed by atoms with Gasteiger partial charge in [-0.15, -0.1) is 0 Å². The van der Waals surface area contributed by atoms with Crippen molar-refractivity contribution in [2.75, 3.05) is 5.32 Å². The van der Waals surface area contributed by atoms with Gasteiger partial charge in [-0.05, 0) is 23.6 Å². The van der Waals surface area contributed by atoms with Crippen LogP contribution in [-0.4, -0.2) is 17.3 Å². The second kappa shape index (κ2) is 5.14. The van der Waals surface area contributed by atoms with E-state index in [1.807, 2.05) is 18.2 Å². The van der Waals surface area contributed by atoms with Crippen molar-refractivity contribution in [2.24, 2.45) is 5.16 Å². The molecule has 0 aromatic heterocycles. The number of oxime groups is 1. The van der Waals surface area contributed by atoms with Gasteiger partial charge in [0.25, 0.3) is 5.91 Å². The second-order valence-electron chi connectivity index (χ2n) is 3.51. The largest absolute Gasteiger partial charge is 0.411 e. The molecule has 4 heteroatoms. The van der Waals surface area contributed by atoms with E-state index in [-0.39, 0.29) is 0 Å². The smallest absolute Gasteiger partial charge is 0.270 e. The van der Waals surface area contributed by atoms with Gasteiger partial charge in [-0.1, -0.05) is 31.1 Å². The van der Waals surface area contributed by atoms with Crippen molar-refractivity contribution in [2.45, 2.75) is 19.8 Å². The van der Waals surface area contributed by atoms with Crippen molar-refractivity contribution >= 4 is 17.8 Å². The Labute approximate surface area is 88.6 Å². The Morgan fingerprint density at radius 1 is 1.53 bits per heavy atom. The van der Waals surface area contributed by atoms with Crippen LogP contribution in [0, 0.1) is 0 Å². The fourth-order valence-corrected chi connectivity index (χ4v) is 1.20. The summed E-state index contributed by atoms with van der Waals surface area (Å²) in [7, 11) is 0.